The summed E-state index contributed by atoms with van der Waals surface area (Å²) in [6.45, 7) is 11.7. The van der Waals surface area contributed by atoms with Crippen molar-refractivity contribution in [1.29, 1.82) is 0 Å². The van der Waals surface area contributed by atoms with Crippen LogP contribution >= 0.6 is 11.3 Å². The zero-order valence-corrected chi connectivity index (χ0v) is 35.3. The number of fused-ring (bicyclic) bond motifs is 12. The number of hydrogen-bond acceptors (Lipinski definition) is 2. The highest BCUT2D eigenvalue weighted by atomic mass is 32.1. The average Bonchev–Trinajstić information content (AvgIpc) is 4.00. The van der Waals surface area contributed by atoms with Crippen LogP contribution < -0.4 is 0 Å². The lowest BCUT2D eigenvalue weighted by atomic mass is 9.78. The van der Waals surface area contributed by atoms with E-state index in [0.717, 1.165) is 34.0 Å². The Morgan fingerprint density at radius 2 is 1.08 bits per heavy atom. The smallest absolute Gasteiger partial charge is 0.159 e. The standard InChI is InChI=1S/C56H44N2OS/c1-55(2,3)35-22-26-48-43(30-35)38-13-6-9-17-46(38)57(48)37-24-28-52-45(32-37)41-25-21-34(29-53(41)60-52)33-56(4,5)36-23-27-49-44(31-36)39-14-7-10-18-47(39)58(49)50-19-12-16-42-40-15-8-11-20-51(40)59-54(42)50/h6-32H,33H2,1-5H3. The second-order valence-electron chi connectivity index (χ2n) is 18.3. The molecule has 4 heterocycles. The molecule has 12 aromatic rings. The first-order valence-electron chi connectivity index (χ1n) is 21.0. The molecule has 0 fully saturated rings. The Hall–Kier alpha value is -6.62. The van der Waals surface area contributed by atoms with Gasteiger partial charge in [-0.05, 0) is 107 Å². The van der Waals surface area contributed by atoms with E-state index in [1.807, 2.05) is 17.4 Å². The van der Waals surface area contributed by atoms with Crippen LogP contribution in [0.3, 0.4) is 0 Å². The van der Waals surface area contributed by atoms with E-state index in [9.17, 15) is 0 Å². The van der Waals surface area contributed by atoms with Crippen LogP contribution in [0, 0.1) is 0 Å². The third kappa shape index (κ3) is 5.27. The molecule has 0 aliphatic carbocycles. The fraction of sp³-hybridized carbons (Fsp3) is 0.143. The summed E-state index contributed by atoms with van der Waals surface area (Å²) in [4.78, 5) is 0. The summed E-state index contributed by atoms with van der Waals surface area (Å²) >= 11 is 1.90. The van der Waals surface area contributed by atoms with E-state index in [0.29, 0.717) is 0 Å². The molecule has 4 heteroatoms. The van der Waals surface area contributed by atoms with Crippen molar-refractivity contribution in [2.45, 2.75) is 51.9 Å². The summed E-state index contributed by atoms with van der Waals surface area (Å²) in [5.41, 5.74) is 13.0. The number of thiophene rings is 1. The van der Waals surface area contributed by atoms with Gasteiger partial charge in [0.25, 0.3) is 0 Å². The third-order valence-electron chi connectivity index (χ3n) is 13.0. The van der Waals surface area contributed by atoms with Crippen LogP contribution in [0.25, 0.3) is 97.1 Å². The van der Waals surface area contributed by atoms with Crippen LogP contribution in [-0.4, -0.2) is 9.13 Å². The molecule has 4 aromatic heterocycles. The molecule has 0 unspecified atom stereocenters. The van der Waals surface area contributed by atoms with Crippen LogP contribution in [0.4, 0.5) is 0 Å². The number of benzene rings is 8. The van der Waals surface area contributed by atoms with E-state index in [2.05, 4.69) is 201 Å². The van der Waals surface area contributed by atoms with Gasteiger partial charge in [-0.1, -0.05) is 126 Å². The van der Waals surface area contributed by atoms with Gasteiger partial charge in [0.1, 0.15) is 5.58 Å². The summed E-state index contributed by atoms with van der Waals surface area (Å²) in [6.07, 6.45) is 0.933. The highest BCUT2D eigenvalue weighted by Crippen LogP contribution is 2.42. The molecule has 12 rings (SSSR count). The predicted molar refractivity (Wildman–Crippen MR) is 257 cm³/mol. The van der Waals surface area contributed by atoms with Crippen molar-refractivity contribution in [2.75, 3.05) is 0 Å². The summed E-state index contributed by atoms with van der Waals surface area (Å²) in [5, 5.41) is 10.0. The summed E-state index contributed by atoms with van der Waals surface area (Å²) < 4.78 is 14.0. The van der Waals surface area contributed by atoms with Crippen molar-refractivity contribution in [3.8, 4) is 11.4 Å². The number of furan rings is 1. The van der Waals surface area contributed by atoms with Gasteiger partial charge in [-0.3, -0.25) is 0 Å². The van der Waals surface area contributed by atoms with Gasteiger partial charge in [0.05, 0.1) is 27.8 Å². The molecular weight excluding hydrogens is 749 g/mol. The molecule has 0 atom stereocenters. The maximum absolute atomic E-state index is 6.54. The van der Waals surface area contributed by atoms with Crippen LogP contribution in [0.1, 0.15) is 51.3 Å². The number of nitrogens with zero attached hydrogens (tertiary/aromatic N) is 2. The van der Waals surface area contributed by atoms with Gasteiger partial charge < -0.3 is 13.6 Å². The number of hydrogen-bond donors (Lipinski definition) is 0. The second-order valence-corrected chi connectivity index (χ2v) is 19.4. The second kappa shape index (κ2) is 12.7. The van der Waals surface area contributed by atoms with Crippen molar-refractivity contribution in [2.24, 2.45) is 0 Å². The lowest BCUT2D eigenvalue weighted by molar-refractivity contribution is 0.523. The molecule has 0 radical (unpaired) electrons. The Labute approximate surface area is 352 Å². The maximum atomic E-state index is 6.54. The predicted octanol–water partition coefficient (Wildman–Crippen LogP) is 16.0. The summed E-state index contributed by atoms with van der Waals surface area (Å²) in [7, 11) is 0. The first-order valence-corrected chi connectivity index (χ1v) is 21.9. The van der Waals surface area contributed by atoms with E-state index >= 15 is 0 Å². The molecule has 0 bridgehead atoms. The molecule has 0 saturated heterocycles. The van der Waals surface area contributed by atoms with Crippen molar-refractivity contribution >= 4 is 97.1 Å². The maximum Gasteiger partial charge on any atom is 0.159 e. The van der Waals surface area contributed by atoms with Gasteiger partial charge in [-0.25, -0.2) is 0 Å². The van der Waals surface area contributed by atoms with E-state index in [1.165, 1.54) is 86.2 Å². The lowest BCUT2D eigenvalue weighted by Gasteiger charge is -2.26. The van der Waals surface area contributed by atoms with Gasteiger partial charge in [0, 0.05) is 58.2 Å². The van der Waals surface area contributed by atoms with Crippen LogP contribution in [0.2, 0.25) is 0 Å². The average molecular weight is 793 g/mol. The molecule has 8 aromatic carbocycles. The molecular formula is C56H44N2OS. The van der Waals surface area contributed by atoms with Gasteiger partial charge >= 0.3 is 0 Å². The molecule has 0 spiro atoms. The Morgan fingerprint density at radius 1 is 0.450 bits per heavy atom. The lowest BCUT2D eigenvalue weighted by Crippen LogP contribution is -2.20. The van der Waals surface area contributed by atoms with Crippen molar-refractivity contribution in [3.63, 3.8) is 0 Å². The Morgan fingerprint density at radius 3 is 1.85 bits per heavy atom. The number of para-hydroxylation sites is 4. The van der Waals surface area contributed by atoms with E-state index in [-0.39, 0.29) is 10.8 Å². The normalized spacial score (nSPS) is 12.8. The van der Waals surface area contributed by atoms with Crippen LogP contribution in [-0.2, 0) is 17.3 Å². The molecule has 0 N–H and O–H groups in total. The summed E-state index contributed by atoms with van der Waals surface area (Å²) in [5.74, 6) is 0. The zero-order valence-electron chi connectivity index (χ0n) is 34.5. The SMILES string of the molecule is CC(C)(C)c1ccc2c(c1)c1ccccc1n2-c1ccc2sc3cc(CC(C)(C)c4ccc5c(c4)c4ccccc4n5-c4cccc5c4oc4ccccc45)ccc3c2c1. The molecule has 0 saturated carbocycles. The Balaban J connectivity index is 0.915. The molecule has 0 amide bonds. The number of aromatic nitrogens is 2. The quantitative estimate of drug-likeness (QED) is 0.170. The minimum absolute atomic E-state index is 0.0860. The fourth-order valence-electron chi connectivity index (χ4n) is 9.95. The van der Waals surface area contributed by atoms with Gasteiger partial charge in [-0.2, -0.15) is 0 Å². The molecule has 3 nitrogen and oxygen atoms in total. The monoisotopic (exact) mass is 792 g/mol. The first kappa shape index (κ1) is 35.3. The topological polar surface area (TPSA) is 23.0 Å². The first-order chi connectivity index (χ1) is 29.1. The minimum atomic E-state index is -0.100. The van der Waals surface area contributed by atoms with E-state index in [1.54, 1.807) is 0 Å². The minimum Gasteiger partial charge on any atom is -0.454 e. The molecule has 0 aliphatic heterocycles. The fourth-order valence-corrected chi connectivity index (χ4v) is 11.1. The Bertz CT molecular complexity index is 3710. The molecule has 60 heavy (non-hydrogen) atoms. The number of rotatable bonds is 5. The van der Waals surface area contributed by atoms with Gasteiger partial charge in [0.2, 0.25) is 0 Å². The largest absolute Gasteiger partial charge is 0.454 e. The third-order valence-corrected chi connectivity index (χ3v) is 14.2. The van der Waals surface area contributed by atoms with Crippen LogP contribution in [0.15, 0.2) is 168 Å². The molecule has 0 aliphatic rings. The van der Waals surface area contributed by atoms with E-state index in [4.69, 9.17) is 4.42 Å². The van der Waals surface area contributed by atoms with Gasteiger partial charge in [-0.15, -0.1) is 11.3 Å². The van der Waals surface area contributed by atoms with Crippen molar-refractivity contribution in [3.05, 3.63) is 180 Å². The highest BCUT2D eigenvalue weighted by molar-refractivity contribution is 7.25. The zero-order chi connectivity index (χ0) is 40.5. The van der Waals surface area contributed by atoms with Gasteiger partial charge in [0.15, 0.2) is 5.58 Å². The highest BCUT2D eigenvalue weighted by Gasteiger charge is 2.25. The van der Waals surface area contributed by atoms with Crippen molar-refractivity contribution < 1.29 is 4.42 Å². The van der Waals surface area contributed by atoms with E-state index < -0.39 is 0 Å². The molecule has 290 valence electrons. The summed E-state index contributed by atoms with van der Waals surface area (Å²) in [6, 6.07) is 60.8. The van der Waals surface area contributed by atoms with Crippen LogP contribution in [0.5, 0.6) is 0 Å². The Kier molecular flexibility index (Phi) is 7.47. The van der Waals surface area contributed by atoms with Crippen molar-refractivity contribution in [1.82, 2.24) is 9.13 Å².